The first-order valence-corrected chi connectivity index (χ1v) is 8.59. The van der Waals surface area contributed by atoms with Crippen LogP contribution in [0.1, 0.15) is 30.8 Å². The van der Waals surface area contributed by atoms with Crippen LogP contribution in [-0.4, -0.2) is 33.8 Å². The van der Waals surface area contributed by atoms with Crippen LogP contribution in [0.4, 0.5) is 0 Å². The first-order chi connectivity index (χ1) is 11.9. The summed E-state index contributed by atoms with van der Waals surface area (Å²) in [5.41, 5.74) is 7.85. The molecule has 0 saturated carbocycles. The highest BCUT2D eigenvalue weighted by Gasteiger charge is 2.26. The average Bonchev–Trinajstić information content (AvgIpc) is 2.96. The van der Waals surface area contributed by atoms with Gasteiger partial charge in [0.15, 0.2) is 5.65 Å². The predicted molar refractivity (Wildman–Crippen MR) is 99.4 cm³/mol. The van der Waals surface area contributed by atoms with E-state index in [0.29, 0.717) is 33.0 Å². The topological polar surface area (TPSA) is 83.0 Å². The van der Waals surface area contributed by atoms with Crippen LogP contribution < -0.4 is 10.5 Å². The Morgan fingerprint density at radius 2 is 2.16 bits per heavy atom. The van der Waals surface area contributed by atoms with E-state index in [4.69, 9.17) is 22.1 Å². The molecule has 2 N–H and O–H groups in total. The number of fused-ring (bicyclic) bond motifs is 2. The highest BCUT2D eigenvalue weighted by Crippen LogP contribution is 2.34. The number of halogens is 1. The fraction of sp³-hybridized carbons (Fsp3) is 0.389. The number of methoxy groups -OCH3 is 1. The average molecular weight is 361 g/mol. The smallest absolute Gasteiger partial charge is 0.266 e. The first kappa shape index (κ1) is 17.6. The molecule has 2 heterocycles. The van der Waals surface area contributed by atoms with E-state index >= 15 is 0 Å². The molecule has 0 aliphatic rings. The van der Waals surface area contributed by atoms with E-state index in [-0.39, 0.29) is 11.8 Å². The van der Waals surface area contributed by atoms with E-state index < -0.39 is 6.04 Å². The molecule has 2 atom stereocenters. The van der Waals surface area contributed by atoms with Crippen LogP contribution in [0.3, 0.4) is 0 Å². The molecule has 132 valence electrons. The van der Waals surface area contributed by atoms with E-state index in [1.165, 1.54) is 4.68 Å². The van der Waals surface area contributed by atoms with Crippen molar-refractivity contribution in [2.24, 2.45) is 11.7 Å². The van der Waals surface area contributed by atoms with Gasteiger partial charge in [-0.3, -0.25) is 4.79 Å². The predicted octanol–water partition coefficient (Wildman–Crippen LogP) is 3.57. The summed E-state index contributed by atoms with van der Waals surface area (Å²) >= 11 is 6.60. The summed E-state index contributed by atoms with van der Waals surface area (Å²) in [4.78, 5) is 17.4. The summed E-state index contributed by atoms with van der Waals surface area (Å²) in [6.07, 6.45) is 0.808. The summed E-state index contributed by atoms with van der Waals surface area (Å²) in [5, 5.41) is 6.29. The molecule has 0 bridgehead atoms. The Morgan fingerprint density at radius 3 is 2.80 bits per heavy atom. The Kier molecular flexibility index (Phi) is 4.67. The van der Waals surface area contributed by atoms with Gasteiger partial charge in [-0.2, -0.15) is 9.78 Å². The van der Waals surface area contributed by atoms with E-state index in [1.807, 2.05) is 26.0 Å². The van der Waals surface area contributed by atoms with Crippen LogP contribution in [0.2, 0.25) is 5.02 Å². The van der Waals surface area contributed by atoms with Crippen LogP contribution >= 0.6 is 11.6 Å². The van der Waals surface area contributed by atoms with E-state index in [1.54, 1.807) is 20.1 Å². The molecule has 1 aromatic carbocycles. The first-order valence-electron chi connectivity index (χ1n) is 8.21. The largest absolute Gasteiger partial charge is 0.497 e. The number of carbonyl (C=O) groups excluding carboxylic acids is 1. The minimum atomic E-state index is -0.639. The maximum absolute atomic E-state index is 12.8. The van der Waals surface area contributed by atoms with Gasteiger partial charge in [-0.15, -0.1) is 0 Å². The Hall–Kier alpha value is -2.18. The highest BCUT2D eigenvalue weighted by atomic mass is 35.5. The van der Waals surface area contributed by atoms with Gasteiger partial charge in [0.25, 0.3) is 5.91 Å². The standard InChI is InChI=1S/C18H21ClN4O2/c1-5-9(2)16(20)18(24)23-17-14(10(3)22-23)15(19)12-8-11(25-4)6-7-13(12)21-17/h6-9,16H,5,20H2,1-4H3/t9-,16-/m0/s1. The molecule has 0 spiro atoms. The van der Waals surface area contributed by atoms with Gasteiger partial charge >= 0.3 is 0 Å². The molecule has 0 fully saturated rings. The summed E-state index contributed by atoms with van der Waals surface area (Å²) in [5.74, 6) is 0.464. The van der Waals surface area contributed by atoms with Gasteiger partial charge in [0, 0.05) is 5.39 Å². The van der Waals surface area contributed by atoms with Crippen molar-refractivity contribution in [2.45, 2.75) is 33.2 Å². The minimum Gasteiger partial charge on any atom is -0.497 e. The Morgan fingerprint density at radius 1 is 1.44 bits per heavy atom. The molecule has 2 aromatic heterocycles. The van der Waals surface area contributed by atoms with Crippen LogP contribution in [0, 0.1) is 12.8 Å². The van der Waals surface area contributed by atoms with Crippen LogP contribution in [0.15, 0.2) is 18.2 Å². The molecule has 6 nitrogen and oxygen atoms in total. The second-order valence-electron chi connectivity index (χ2n) is 6.25. The maximum atomic E-state index is 12.8. The SMILES string of the molecule is CC[C@H](C)[C@H](N)C(=O)n1nc(C)c2c(Cl)c3cc(OC)ccc3nc21. The molecule has 7 heteroatoms. The number of ether oxygens (including phenoxy) is 1. The van der Waals surface area contributed by atoms with E-state index in [9.17, 15) is 4.79 Å². The van der Waals surface area contributed by atoms with Gasteiger partial charge < -0.3 is 10.5 Å². The van der Waals surface area contributed by atoms with E-state index in [0.717, 1.165) is 11.8 Å². The number of nitrogens with zero attached hydrogens (tertiary/aromatic N) is 3. The van der Waals surface area contributed by atoms with Crippen LogP contribution in [-0.2, 0) is 0 Å². The number of aromatic nitrogens is 3. The number of carbonyl (C=O) groups is 1. The molecule has 0 aliphatic heterocycles. The molecule has 0 aliphatic carbocycles. The van der Waals surface area contributed by atoms with Crippen molar-refractivity contribution in [1.29, 1.82) is 0 Å². The normalized spacial score (nSPS) is 14.0. The second-order valence-corrected chi connectivity index (χ2v) is 6.63. The minimum absolute atomic E-state index is 0.0484. The molecule has 0 radical (unpaired) electrons. The lowest BCUT2D eigenvalue weighted by atomic mass is 9.99. The van der Waals surface area contributed by atoms with Crippen molar-refractivity contribution in [3.63, 3.8) is 0 Å². The number of benzene rings is 1. The zero-order chi connectivity index (χ0) is 18.3. The fourth-order valence-electron chi connectivity index (χ4n) is 2.83. The van der Waals surface area contributed by atoms with Gasteiger partial charge in [-0.1, -0.05) is 31.9 Å². The van der Waals surface area contributed by atoms with Gasteiger partial charge in [0.1, 0.15) is 5.75 Å². The lowest BCUT2D eigenvalue weighted by Gasteiger charge is -2.16. The third kappa shape index (κ3) is 2.85. The lowest BCUT2D eigenvalue weighted by Crippen LogP contribution is -2.40. The van der Waals surface area contributed by atoms with Gasteiger partial charge in [0.2, 0.25) is 0 Å². The molecular weight excluding hydrogens is 340 g/mol. The van der Waals surface area contributed by atoms with Crippen molar-refractivity contribution in [1.82, 2.24) is 14.8 Å². The molecule has 0 saturated heterocycles. The maximum Gasteiger partial charge on any atom is 0.266 e. The Bertz CT molecular complexity index is 967. The number of aryl methyl sites for hydroxylation is 1. The van der Waals surface area contributed by atoms with Crippen molar-refractivity contribution in [3.05, 3.63) is 28.9 Å². The third-order valence-corrected chi connectivity index (χ3v) is 5.07. The number of nitrogens with two attached hydrogens (primary N) is 1. The van der Waals surface area contributed by atoms with Crippen LogP contribution in [0.25, 0.3) is 21.9 Å². The van der Waals surface area contributed by atoms with Gasteiger partial charge in [0.05, 0.1) is 34.8 Å². The lowest BCUT2D eigenvalue weighted by molar-refractivity contribution is 0.0839. The monoisotopic (exact) mass is 360 g/mol. The summed E-state index contributed by atoms with van der Waals surface area (Å²) < 4.78 is 6.54. The number of hydrogen-bond donors (Lipinski definition) is 1. The third-order valence-electron chi connectivity index (χ3n) is 4.67. The van der Waals surface area contributed by atoms with Crippen molar-refractivity contribution in [3.8, 4) is 5.75 Å². The van der Waals surface area contributed by atoms with Gasteiger partial charge in [-0.25, -0.2) is 4.98 Å². The molecule has 3 rings (SSSR count). The quantitative estimate of drug-likeness (QED) is 0.769. The summed E-state index contributed by atoms with van der Waals surface area (Å²) in [7, 11) is 1.60. The zero-order valence-corrected chi connectivity index (χ0v) is 15.5. The van der Waals surface area contributed by atoms with Crippen LogP contribution in [0.5, 0.6) is 5.75 Å². The molecule has 0 amide bonds. The number of hydrogen-bond acceptors (Lipinski definition) is 5. The summed E-state index contributed by atoms with van der Waals surface area (Å²) in [6.45, 7) is 5.75. The summed E-state index contributed by atoms with van der Waals surface area (Å²) in [6, 6.07) is 4.80. The Balaban J connectivity index is 2.25. The zero-order valence-electron chi connectivity index (χ0n) is 14.7. The number of pyridine rings is 1. The molecular formula is C18H21ClN4O2. The van der Waals surface area contributed by atoms with E-state index in [2.05, 4.69) is 10.1 Å². The molecule has 3 aromatic rings. The van der Waals surface area contributed by atoms with Gasteiger partial charge in [-0.05, 0) is 31.0 Å². The molecule has 0 unspecified atom stereocenters. The second kappa shape index (κ2) is 6.61. The Labute approximate surface area is 150 Å². The highest BCUT2D eigenvalue weighted by molar-refractivity contribution is 6.40. The molecule has 25 heavy (non-hydrogen) atoms. The van der Waals surface area contributed by atoms with Crippen molar-refractivity contribution < 1.29 is 9.53 Å². The van der Waals surface area contributed by atoms with Crippen molar-refractivity contribution >= 4 is 39.4 Å². The fourth-order valence-corrected chi connectivity index (χ4v) is 3.20. The number of rotatable bonds is 4. The van der Waals surface area contributed by atoms with Crippen molar-refractivity contribution in [2.75, 3.05) is 7.11 Å².